The van der Waals surface area contributed by atoms with Crippen LogP contribution in [0.3, 0.4) is 0 Å². The Morgan fingerprint density at radius 3 is 2.16 bits per heavy atom. The van der Waals surface area contributed by atoms with E-state index >= 15 is 0 Å². The monoisotopic (exact) mass is 523 g/mol. The van der Waals surface area contributed by atoms with E-state index in [2.05, 4.69) is 5.32 Å². The molecule has 0 spiro atoms. The smallest absolute Gasteiger partial charge is 0.256 e. The van der Waals surface area contributed by atoms with Crippen LogP contribution in [-0.2, 0) is 19.6 Å². The van der Waals surface area contributed by atoms with E-state index in [1.807, 2.05) is 30.3 Å². The second-order valence-electron chi connectivity index (χ2n) is 8.58. The molecule has 4 rings (SSSR count). The molecule has 0 bridgehead atoms. The first-order chi connectivity index (χ1) is 17.7. The molecule has 1 fully saturated rings. The van der Waals surface area contributed by atoms with E-state index < -0.39 is 22.0 Å². The van der Waals surface area contributed by atoms with Crippen LogP contribution in [0.15, 0.2) is 78.9 Å². The first-order valence-corrected chi connectivity index (χ1v) is 13.7. The fourth-order valence-corrected chi connectivity index (χ4v) is 5.22. The van der Waals surface area contributed by atoms with E-state index in [0.717, 1.165) is 10.6 Å². The molecule has 0 aromatic heterocycles. The molecule has 1 N–H and O–H groups in total. The SMILES string of the molecule is CC(C(=O)Nc1ccccc1C(=O)N1CCOCC1)N(c1ccc(Oc2ccccc2)cc1)S(C)(=O)=O. The number of amides is 2. The number of hydrogen-bond donors (Lipinski definition) is 1. The largest absolute Gasteiger partial charge is 0.457 e. The standard InChI is InChI=1S/C27H29N3O6S/c1-20(26(31)28-25-11-7-6-10-24(25)27(32)29-16-18-35-19-17-29)30(37(2,33)34)21-12-14-23(15-13-21)36-22-8-4-3-5-9-22/h3-15,20H,16-19H2,1-2H3,(H,28,31). The van der Waals surface area contributed by atoms with Gasteiger partial charge >= 0.3 is 0 Å². The first kappa shape index (κ1) is 26.2. The van der Waals surface area contributed by atoms with Crippen molar-refractivity contribution in [3.05, 3.63) is 84.4 Å². The van der Waals surface area contributed by atoms with Crippen molar-refractivity contribution in [2.45, 2.75) is 13.0 Å². The van der Waals surface area contributed by atoms with Crippen LogP contribution in [0.1, 0.15) is 17.3 Å². The van der Waals surface area contributed by atoms with Gasteiger partial charge in [0.25, 0.3) is 5.91 Å². The van der Waals surface area contributed by atoms with Crippen molar-refractivity contribution < 1.29 is 27.5 Å². The number of ether oxygens (including phenoxy) is 2. The van der Waals surface area contributed by atoms with Gasteiger partial charge in [-0.05, 0) is 55.5 Å². The quantitative estimate of drug-likeness (QED) is 0.482. The molecule has 37 heavy (non-hydrogen) atoms. The molecule has 0 saturated carbocycles. The van der Waals surface area contributed by atoms with Crippen molar-refractivity contribution in [1.29, 1.82) is 0 Å². The van der Waals surface area contributed by atoms with Gasteiger partial charge in [-0.3, -0.25) is 13.9 Å². The van der Waals surface area contributed by atoms with Gasteiger partial charge in [0.15, 0.2) is 0 Å². The van der Waals surface area contributed by atoms with E-state index in [4.69, 9.17) is 9.47 Å². The average Bonchev–Trinajstić information content (AvgIpc) is 2.90. The summed E-state index contributed by atoms with van der Waals surface area (Å²) in [5.41, 5.74) is 0.956. The lowest BCUT2D eigenvalue weighted by atomic mass is 10.1. The molecule has 1 atom stereocenters. The molecule has 2 amide bonds. The maximum atomic E-state index is 13.2. The molecule has 1 unspecified atom stereocenters. The number of benzene rings is 3. The minimum absolute atomic E-state index is 0.221. The number of sulfonamides is 1. The van der Waals surface area contributed by atoms with Gasteiger partial charge < -0.3 is 19.7 Å². The molecule has 194 valence electrons. The second-order valence-corrected chi connectivity index (χ2v) is 10.4. The van der Waals surface area contributed by atoms with E-state index in [1.165, 1.54) is 6.92 Å². The summed E-state index contributed by atoms with van der Waals surface area (Å²) < 4.78 is 37.6. The van der Waals surface area contributed by atoms with Crippen LogP contribution in [0.2, 0.25) is 0 Å². The summed E-state index contributed by atoms with van der Waals surface area (Å²) >= 11 is 0. The Bertz CT molecular complexity index is 1340. The minimum atomic E-state index is -3.83. The predicted octanol–water partition coefficient (Wildman–Crippen LogP) is 3.74. The fourth-order valence-electron chi connectivity index (χ4n) is 4.05. The average molecular weight is 524 g/mol. The highest BCUT2D eigenvalue weighted by molar-refractivity contribution is 7.92. The number of rotatable bonds is 8. The lowest BCUT2D eigenvalue weighted by molar-refractivity contribution is -0.116. The third-order valence-corrected chi connectivity index (χ3v) is 7.11. The third kappa shape index (κ3) is 6.46. The number of carbonyl (C=O) groups excluding carboxylic acids is 2. The zero-order valence-corrected chi connectivity index (χ0v) is 21.5. The third-order valence-electron chi connectivity index (χ3n) is 5.87. The molecule has 1 saturated heterocycles. The Balaban J connectivity index is 1.53. The Hall–Kier alpha value is -3.89. The maximum absolute atomic E-state index is 13.2. The van der Waals surface area contributed by atoms with Crippen molar-refractivity contribution in [3.8, 4) is 11.5 Å². The molecular formula is C27H29N3O6S. The molecular weight excluding hydrogens is 494 g/mol. The molecule has 1 aliphatic rings. The fraction of sp³-hybridized carbons (Fsp3) is 0.259. The van der Waals surface area contributed by atoms with Gasteiger partial charge in [-0.15, -0.1) is 0 Å². The molecule has 3 aromatic rings. The van der Waals surface area contributed by atoms with Crippen LogP contribution in [-0.4, -0.2) is 63.7 Å². The predicted molar refractivity (Wildman–Crippen MR) is 142 cm³/mol. The number of hydrogen-bond acceptors (Lipinski definition) is 6. The van der Waals surface area contributed by atoms with Gasteiger partial charge in [-0.2, -0.15) is 0 Å². The number of carbonyl (C=O) groups is 2. The van der Waals surface area contributed by atoms with Gasteiger partial charge in [-0.25, -0.2) is 8.42 Å². The number of para-hydroxylation sites is 2. The zero-order chi connectivity index (χ0) is 26.4. The van der Waals surface area contributed by atoms with E-state index in [0.29, 0.717) is 54.7 Å². The van der Waals surface area contributed by atoms with Crippen LogP contribution in [0, 0.1) is 0 Å². The lowest BCUT2D eigenvalue weighted by Crippen LogP contribution is -2.45. The normalized spacial score (nSPS) is 14.5. The molecule has 1 aliphatic heterocycles. The zero-order valence-electron chi connectivity index (χ0n) is 20.7. The van der Waals surface area contributed by atoms with Crippen LogP contribution in [0.5, 0.6) is 11.5 Å². The minimum Gasteiger partial charge on any atom is -0.457 e. The molecule has 3 aromatic carbocycles. The molecule has 0 radical (unpaired) electrons. The topological polar surface area (TPSA) is 105 Å². The highest BCUT2D eigenvalue weighted by atomic mass is 32.2. The van der Waals surface area contributed by atoms with Gasteiger partial charge in [0.2, 0.25) is 15.9 Å². The maximum Gasteiger partial charge on any atom is 0.256 e. The van der Waals surface area contributed by atoms with E-state index in [1.54, 1.807) is 53.4 Å². The van der Waals surface area contributed by atoms with Gasteiger partial charge in [0, 0.05) is 13.1 Å². The van der Waals surface area contributed by atoms with Crippen molar-refractivity contribution in [2.75, 3.05) is 42.2 Å². The molecule has 0 aliphatic carbocycles. The second kappa shape index (κ2) is 11.4. The summed E-state index contributed by atoms with van der Waals surface area (Å²) in [5, 5.41) is 2.75. The van der Waals surface area contributed by atoms with Crippen molar-refractivity contribution >= 4 is 33.2 Å². The number of morpholine rings is 1. The lowest BCUT2D eigenvalue weighted by Gasteiger charge is -2.29. The van der Waals surface area contributed by atoms with Gasteiger partial charge in [0.05, 0.1) is 36.4 Å². The Morgan fingerprint density at radius 2 is 1.51 bits per heavy atom. The van der Waals surface area contributed by atoms with Crippen molar-refractivity contribution in [3.63, 3.8) is 0 Å². The van der Waals surface area contributed by atoms with E-state index in [9.17, 15) is 18.0 Å². The summed E-state index contributed by atoms with van der Waals surface area (Å²) in [6.07, 6.45) is 1.04. The number of anilines is 2. The molecule has 10 heteroatoms. The summed E-state index contributed by atoms with van der Waals surface area (Å²) in [7, 11) is -3.83. The van der Waals surface area contributed by atoms with Crippen molar-refractivity contribution in [2.24, 2.45) is 0 Å². The Morgan fingerprint density at radius 1 is 0.919 bits per heavy atom. The highest BCUT2D eigenvalue weighted by Crippen LogP contribution is 2.27. The molecule has 1 heterocycles. The highest BCUT2D eigenvalue weighted by Gasteiger charge is 2.30. The van der Waals surface area contributed by atoms with E-state index in [-0.39, 0.29) is 5.91 Å². The first-order valence-electron chi connectivity index (χ1n) is 11.8. The van der Waals surface area contributed by atoms with Crippen molar-refractivity contribution in [1.82, 2.24) is 4.90 Å². The van der Waals surface area contributed by atoms with Crippen LogP contribution in [0.4, 0.5) is 11.4 Å². The van der Waals surface area contributed by atoms with Crippen LogP contribution >= 0.6 is 0 Å². The number of nitrogens with zero attached hydrogens (tertiary/aromatic N) is 2. The number of nitrogens with one attached hydrogen (secondary N) is 1. The summed E-state index contributed by atoms with van der Waals surface area (Å²) in [5.74, 6) is 0.377. The van der Waals surface area contributed by atoms with Gasteiger partial charge in [0.1, 0.15) is 17.5 Å². The summed E-state index contributed by atoms with van der Waals surface area (Å²) in [6.45, 7) is 3.33. The molecule has 9 nitrogen and oxygen atoms in total. The Kier molecular flexibility index (Phi) is 8.10. The summed E-state index contributed by atoms with van der Waals surface area (Å²) in [4.78, 5) is 28.0. The Labute approximate surface area is 216 Å². The summed E-state index contributed by atoms with van der Waals surface area (Å²) in [6, 6.07) is 21.2. The van der Waals surface area contributed by atoms with Crippen LogP contribution < -0.4 is 14.4 Å². The van der Waals surface area contributed by atoms with Gasteiger partial charge in [-0.1, -0.05) is 30.3 Å². The van der Waals surface area contributed by atoms with Crippen LogP contribution in [0.25, 0.3) is 0 Å².